The number of rotatable bonds is 12. The van der Waals surface area contributed by atoms with E-state index in [-0.39, 0.29) is 18.2 Å². The Morgan fingerprint density at radius 1 is 0.841 bits per heavy atom. The lowest BCUT2D eigenvalue weighted by molar-refractivity contribution is -0.163. The van der Waals surface area contributed by atoms with E-state index < -0.39 is 58.7 Å². The van der Waals surface area contributed by atoms with Crippen LogP contribution in [0.1, 0.15) is 120 Å². The smallest absolute Gasteiger partial charge is 0.408 e. The number of ether oxygens (including phenoxy) is 2. The van der Waals surface area contributed by atoms with E-state index in [0.717, 1.165) is 32.1 Å². The molecule has 0 unspecified atom stereocenters. The first kappa shape index (κ1) is 37.1. The Morgan fingerprint density at radius 3 is 2.02 bits per heavy atom. The minimum absolute atomic E-state index is 0.260. The molecule has 1 saturated carbocycles. The quantitative estimate of drug-likeness (QED) is 0.215. The zero-order valence-electron chi connectivity index (χ0n) is 28.2. The van der Waals surface area contributed by atoms with Gasteiger partial charge in [0, 0.05) is 6.54 Å². The predicted molar refractivity (Wildman–Crippen MR) is 169 cm³/mol. The van der Waals surface area contributed by atoms with E-state index in [1.807, 2.05) is 0 Å². The lowest BCUT2D eigenvalue weighted by Crippen LogP contribution is -2.62. The van der Waals surface area contributed by atoms with E-state index >= 15 is 0 Å². The van der Waals surface area contributed by atoms with Crippen molar-refractivity contribution in [1.82, 2.24) is 20.9 Å². The van der Waals surface area contributed by atoms with Crippen LogP contribution in [0.5, 0.6) is 0 Å². The van der Waals surface area contributed by atoms with Crippen molar-refractivity contribution in [1.29, 1.82) is 0 Å². The maximum atomic E-state index is 14.0. The summed E-state index contributed by atoms with van der Waals surface area (Å²) in [5, 5.41) is 8.27. The Balaban J connectivity index is 2.21. The van der Waals surface area contributed by atoms with Crippen molar-refractivity contribution in [2.45, 2.75) is 154 Å². The highest BCUT2D eigenvalue weighted by Crippen LogP contribution is 2.29. The summed E-state index contributed by atoms with van der Waals surface area (Å²) in [4.78, 5) is 68.0. The van der Waals surface area contributed by atoms with Crippen molar-refractivity contribution in [3.05, 3.63) is 12.7 Å². The Labute approximate surface area is 263 Å². The van der Waals surface area contributed by atoms with Crippen molar-refractivity contribution < 1.29 is 33.4 Å². The second kappa shape index (κ2) is 15.8. The summed E-state index contributed by atoms with van der Waals surface area (Å²) >= 11 is 0. The van der Waals surface area contributed by atoms with E-state index in [1.54, 1.807) is 66.4 Å². The normalized spacial score (nSPS) is 19.4. The number of hydrogen-bond donors (Lipinski definition) is 3. The van der Waals surface area contributed by atoms with Crippen molar-refractivity contribution in [2.75, 3.05) is 6.54 Å². The summed E-state index contributed by atoms with van der Waals surface area (Å²) < 4.78 is 10.9. The number of nitrogens with zero attached hydrogens (tertiary/aromatic N) is 1. The monoisotopic (exact) mass is 620 g/mol. The fraction of sp³-hybridized carbons (Fsp3) is 0.788. The molecular weight excluding hydrogens is 564 g/mol. The van der Waals surface area contributed by atoms with Gasteiger partial charge in [-0.3, -0.25) is 14.4 Å². The van der Waals surface area contributed by atoms with Crippen LogP contribution < -0.4 is 16.0 Å². The molecule has 44 heavy (non-hydrogen) atoms. The Bertz CT molecular complexity index is 1040. The summed E-state index contributed by atoms with van der Waals surface area (Å²) in [6.45, 7) is 17.8. The van der Waals surface area contributed by atoms with Crippen molar-refractivity contribution in [2.24, 2.45) is 5.92 Å². The molecule has 11 heteroatoms. The fourth-order valence-electron chi connectivity index (χ4n) is 5.62. The minimum Gasteiger partial charge on any atom is -0.458 e. The van der Waals surface area contributed by atoms with E-state index in [1.165, 1.54) is 0 Å². The molecule has 1 aliphatic carbocycles. The molecule has 2 rings (SSSR count). The molecule has 3 atom stereocenters. The first-order chi connectivity index (χ1) is 20.3. The average molecular weight is 621 g/mol. The third-order valence-electron chi connectivity index (χ3n) is 7.78. The zero-order chi connectivity index (χ0) is 33.3. The second-order valence-electron chi connectivity index (χ2n) is 14.7. The Morgan fingerprint density at radius 2 is 1.45 bits per heavy atom. The molecule has 4 amide bonds. The molecule has 3 N–H and O–H groups in total. The molecule has 1 saturated heterocycles. The lowest BCUT2D eigenvalue weighted by Gasteiger charge is -2.34. The maximum absolute atomic E-state index is 14.0. The maximum Gasteiger partial charge on any atom is 0.408 e. The molecule has 11 nitrogen and oxygen atoms in total. The van der Waals surface area contributed by atoms with Gasteiger partial charge in [0.15, 0.2) is 0 Å². The van der Waals surface area contributed by atoms with Gasteiger partial charge in [0.25, 0.3) is 0 Å². The number of allylic oxidation sites excluding steroid dienone is 1. The third kappa shape index (κ3) is 12.1. The van der Waals surface area contributed by atoms with Crippen LogP contribution in [0.15, 0.2) is 12.7 Å². The van der Waals surface area contributed by atoms with Gasteiger partial charge >= 0.3 is 12.1 Å². The number of carbonyl (C=O) groups excluding carboxylic acids is 5. The molecule has 0 aromatic carbocycles. The van der Waals surface area contributed by atoms with Gasteiger partial charge in [-0.1, -0.05) is 38.2 Å². The van der Waals surface area contributed by atoms with Crippen molar-refractivity contribution >= 4 is 29.8 Å². The topological polar surface area (TPSA) is 143 Å². The predicted octanol–water partition coefficient (Wildman–Crippen LogP) is 4.53. The Kier molecular flexibility index (Phi) is 13.3. The third-order valence-corrected chi connectivity index (χ3v) is 7.78. The standard InChI is InChI=1S/C33H56N4O7/c1-10-11-18-23(35-30(42)44-32(5,6)7)26(38)36-33(8,9)29(41)34-24(21-22-16-13-12-14-17-22)27(39)37-20-15-19-25(37)28(40)43-31(2,3)4/h10,22-25H,1,11-21H2,2-9H3,(H,34,41)(H,35,42)(H,36,38)/t23-,24-,25+/m0/s1. The van der Waals surface area contributed by atoms with Crippen LogP contribution in [0.3, 0.4) is 0 Å². The van der Waals surface area contributed by atoms with Crippen LogP contribution in [0, 0.1) is 5.92 Å². The fourth-order valence-corrected chi connectivity index (χ4v) is 5.62. The lowest BCUT2D eigenvalue weighted by atomic mass is 9.84. The van der Waals surface area contributed by atoms with Crippen LogP contribution in [0.4, 0.5) is 4.79 Å². The van der Waals surface area contributed by atoms with Crippen LogP contribution in [0.25, 0.3) is 0 Å². The molecule has 0 radical (unpaired) electrons. The van der Waals surface area contributed by atoms with Gasteiger partial charge in [-0.15, -0.1) is 6.58 Å². The van der Waals surface area contributed by atoms with Crippen molar-refractivity contribution in [3.8, 4) is 0 Å². The summed E-state index contributed by atoms with van der Waals surface area (Å²) in [5.74, 6) is -1.58. The molecule has 1 aliphatic heterocycles. The van der Waals surface area contributed by atoms with Gasteiger partial charge in [0.05, 0.1) is 0 Å². The number of alkyl carbamates (subject to hydrolysis) is 1. The number of nitrogens with one attached hydrogen (secondary N) is 3. The van der Waals surface area contributed by atoms with Gasteiger partial charge in [0.1, 0.15) is 34.9 Å². The molecule has 0 bridgehead atoms. The molecule has 250 valence electrons. The molecular formula is C33H56N4O7. The van der Waals surface area contributed by atoms with E-state index in [4.69, 9.17) is 9.47 Å². The molecule has 2 aliphatic rings. The highest BCUT2D eigenvalue weighted by Gasteiger charge is 2.42. The summed E-state index contributed by atoms with van der Waals surface area (Å²) in [5.41, 5.74) is -2.85. The van der Waals surface area contributed by atoms with Gasteiger partial charge < -0.3 is 30.3 Å². The number of hydrogen-bond acceptors (Lipinski definition) is 7. The summed E-state index contributed by atoms with van der Waals surface area (Å²) in [6.07, 6.45) is 8.46. The molecule has 2 fully saturated rings. The zero-order valence-corrected chi connectivity index (χ0v) is 28.2. The van der Waals surface area contributed by atoms with E-state index in [0.29, 0.717) is 32.2 Å². The van der Waals surface area contributed by atoms with Crippen LogP contribution in [-0.2, 0) is 28.7 Å². The highest BCUT2D eigenvalue weighted by atomic mass is 16.6. The highest BCUT2D eigenvalue weighted by molar-refractivity contribution is 5.96. The molecule has 1 heterocycles. The first-order valence-corrected chi connectivity index (χ1v) is 16.1. The van der Waals surface area contributed by atoms with Gasteiger partial charge in [0.2, 0.25) is 17.7 Å². The minimum atomic E-state index is -1.42. The molecule has 0 aromatic heterocycles. The van der Waals surface area contributed by atoms with Gasteiger partial charge in [-0.05, 0) is 93.4 Å². The summed E-state index contributed by atoms with van der Waals surface area (Å²) in [6, 6.07) is -2.53. The largest absolute Gasteiger partial charge is 0.458 e. The van der Waals surface area contributed by atoms with Crippen LogP contribution >= 0.6 is 0 Å². The Hall–Kier alpha value is -3.11. The second-order valence-corrected chi connectivity index (χ2v) is 14.7. The first-order valence-electron chi connectivity index (χ1n) is 16.1. The van der Waals surface area contributed by atoms with Crippen LogP contribution in [-0.4, -0.2) is 76.1 Å². The molecule has 0 aromatic rings. The number of esters is 1. The number of amides is 4. The van der Waals surface area contributed by atoms with Crippen LogP contribution in [0.2, 0.25) is 0 Å². The summed E-state index contributed by atoms with van der Waals surface area (Å²) in [7, 11) is 0. The van der Waals surface area contributed by atoms with Gasteiger partial charge in [-0.2, -0.15) is 0 Å². The van der Waals surface area contributed by atoms with Gasteiger partial charge in [-0.25, -0.2) is 9.59 Å². The van der Waals surface area contributed by atoms with Crippen molar-refractivity contribution in [3.63, 3.8) is 0 Å². The SMILES string of the molecule is C=CCC[C@H](NC(=O)OC(C)(C)C)C(=O)NC(C)(C)C(=O)N[C@@H](CC1CCCCC1)C(=O)N1CCC[C@@H]1C(=O)OC(C)(C)C. The number of carbonyl (C=O) groups is 5. The molecule has 0 spiro atoms. The van der Waals surface area contributed by atoms with E-state index in [2.05, 4.69) is 22.5 Å². The number of likely N-dealkylation sites (tertiary alicyclic amines) is 1. The average Bonchev–Trinajstić information content (AvgIpc) is 3.39. The van der Waals surface area contributed by atoms with E-state index in [9.17, 15) is 24.0 Å².